The molecular formula is C15H32N4O. The lowest BCUT2D eigenvalue weighted by atomic mass is 9.98. The molecule has 0 aromatic heterocycles. The molecule has 1 amide bonds. The first kappa shape index (κ1) is 17.4. The topological polar surface area (TPSA) is 61.6 Å². The van der Waals surface area contributed by atoms with Crippen LogP contribution in [0.4, 0.5) is 0 Å². The van der Waals surface area contributed by atoms with Crippen molar-refractivity contribution in [3.8, 4) is 0 Å². The van der Waals surface area contributed by atoms with E-state index < -0.39 is 6.04 Å². The molecule has 0 saturated carbocycles. The molecule has 1 fully saturated rings. The van der Waals surface area contributed by atoms with Gasteiger partial charge in [0.05, 0.1) is 6.04 Å². The summed E-state index contributed by atoms with van der Waals surface area (Å²) in [5.41, 5.74) is 5.94. The summed E-state index contributed by atoms with van der Waals surface area (Å²) < 4.78 is 0. The zero-order valence-electron chi connectivity index (χ0n) is 13.8. The van der Waals surface area contributed by atoms with E-state index in [-0.39, 0.29) is 17.4 Å². The van der Waals surface area contributed by atoms with E-state index in [4.69, 9.17) is 5.73 Å². The van der Waals surface area contributed by atoms with E-state index in [1.54, 1.807) is 0 Å². The average molecular weight is 284 g/mol. The monoisotopic (exact) mass is 284 g/mol. The highest BCUT2D eigenvalue weighted by molar-refractivity contribution is 5.81. The molecule has 1 aliphatic rings. The van der Waals surface area contributed by atoms with Crippen molar-refractivity contribution >= 4 is 5.91 Å². The van der Waals surface area contributed by atoms with Crippen LogP contribution in [-0.2, 0) is 4.79 Å². The van der Waals surface area contributed by atoms with Crippen LogP contribution in [0.1, 0.15) is 34.1 Å². The largest absolute Gasteiger partial charge is 0.353 e. The second kappa shape index (κ2) is 7.38. The molecule has 5 nitrogen and oxygen atoms in total. The number of likely N-dealkylation sites (N-methyl/N-ethyl adjacent to an activating group) is 1. The normalized spacial score (nSPS) is 21.5. The fraction of sp³-hybridized carbons (Fsp3) is 0.933. The van der Waals surface area contributed by atoms with Crippen LogP contribution in [0.15, 0.2) is 0 Å². The maximum absolute atomic E-state index is 12.1. The van der Waals surface area contributed by atoms with Crippen LogP contribution in [0.3, 0.4) is 0 Å². The van der Waals surface area contributed by atoms with Crippen molar-refractivity contribution in [1.29, 1.82) is 0 Å². The number of nitrogens with two attached hydrogens (primary N) is 1. The van der Waals surface area contributed by atoms with Gasteiger partial charge in [-0.15, -0.1) is 0 Å². The summed E-state index contributed by atoms with van der Waals surface area (Å²) in [5.74, 6) is 0.198. The van der Waals surface area contributed by atoms with Crippen molar-refractivity contribution in [2.75, 3.05) is 39.8 Å². The molecule has 3 N–H and O–H groups in total. The number of hydrogen-bond donors (Lipinski definition) is 2. The highest BCUT2D eigenvalue weighted by atomic mass is 16.2. The Morgan fingerprint density at radius 1 is 1.30 bits per heavy atom. The van der Waals surface area contributed by atoms with E-state index in [9.17, 15) is 4.79 Å². The Hall–Kier alpha value is -0.650. The zero-order chi connectivity index (χ0) is 15.3. The van der Waals surface area contributed by atoms with Gasteiger partial charge in [0.2, 0.25) is 5.91 Å². The first-order valence-corrected chi connectivity index (χ1v) is 7.75. The maximum Gasteiger partial charge on any atom is 0.237 e. The van der Waals surface area contributed by atoms with E-state index in [1.807, 2.05) is 6.92 Å². The fourth-order valence-electron chi connectivity index (χ4n) is 2.46. The van der Waals surface area contributed by atoms with Gasteiger partial charge in [0.25, 0.3) is 0 Å². The number of nitrogens with zero attached hydrogens (tertiary/aromatic N) is 2. The summed E-state index contributed by atoms with van der Waals surface area (Å²) in [5, 5.41) is 3.03. The third-order valence-corrected chi connectivity index (χ3v) is 4.61. The Balaban J connectivity index is 2.44. The molecule has 1 aliphatic heterocycles. The first-order valence-electron chi connectivity index (χ1n) is 7.75. The lowest BCUT2D eigenvalue weighted by molar-refractivity contribution is -0.124. The predicted molar refractivity (Wildman–Crippen MR) is 83.6 cm³/mol. The van der Waals surface area contributed by atoms with Crippen LogP contribution in [0.5, 0.6) is 0 Å². The van der Waals surface area contributed by atoms with Gasteiger partial charge in [-0.05, 0) is 26.8 Å². The Bertz CT molecular complexity index is 311. The highest BCUT2D eigenvalue weighted by Gasteiger charge is 2.30. The smallest absolute Gasteiger partial charge is 0.237 e. The molecule has 20 heavy (non-hydrogen) atoms. The minimum atomic E-state index is -0.400. The molecule has 2 unspecified atom stereocenters. The van der Waals surface area contributed by atoms with Gasteiger partial charge in [-0.3, -0.25) is 9.69 Å². The van der Waals surface area contributed by atoms with E-state index in [1.165, 1.54) is 0 Å². The third kappa shape index (κ3) is 4.72. The number of amides is 1. The Morgan fingerprint density at radius 3 is 2.35 bits per heavy atom. The summed E-state index contributed by atoms with van der Waals surface area (Å²) >= 11 is 0. The molecule has 0 aliphatic carbocycles. The maximum atomic E-state index is 12.1. The van der Waals surface area contributed by atoms with E-state index in [2.05, 4.69) is 42.9 Å². The summed E-state index contributed by atoms with van der Waals surface area (Å²) in [6, 6.07) is -0.400. The lowest BCUT2D eigenvalue weighted by Crippen LogP contribution is -2.59. The first-order chi connectivity index (χ1) is 9.27. The fourth-order valence-corrected chi connectivity index (χ4v) is 2.46. The van der Waals surface area contributed by atoms with Gasteiger partial charge < -0.3 is 16.0 Å². The van der Waals surface area contributed by atoms with Gasteiger partial charge in [-0.1, -0.05) is 20.3 Å². The molecule has 5 heteroatoms. The molecule has 1 saturated heterocycles. The van der Waals surface area contributed by atoms with E-state index in [0.717, 1.165) is 32.6 Å². The highest BCUT2D eigenvalue weighted by Crippen LogP contribution is 2.16. The molecule has 2 atom stereocenters. The number of hydrogen-bond acceptors (Lipinski definition) is 4. The quantitative estimate of drug-likeness (QED) is 0.746. The van der Waals surface area contributed by atoms with Crippen LogP contribution < -0.4 is 11.1 Å². The molecular weight excluding hydrogens is 252 g/mol. The van der Waals surface area contributed by atoms with Crippen molar-refractivity contribution in [2.45, 2.75) is 45.7 Å². The van der Waals surface area contributed by atoms with Crippen molar-refractivity contribution in [1.82, 2.24) is 15.1 Å². The van der Waals surface area contributed by atoms with Gasteiger partial charge in [0.1, 0.15) is 0 Å². The summed E-state index contributed by atoms with van der Waals surface area (Å²) in [4.78, 5) is 16.8. The molecule has 0 spiro atoms. The second-order valence-electron chi connectivity index (χ2n) is 6.73. The van der Waals surface area contributed by atoms with E-state index in [0.29, 0.717) is 6.54 Å². The van der Waals surface area contributed by atoms with Crippen LogP contribution in [0, 0.1) is 5.92 Å². The number of carbonyl (C=O) groups excluding carboxylic acids is 1. The summed E-state index contributed by atoms with van der Waals surface area (Å²) in [7, 11) is 2.15. The summed E-state index contributed by atoms with van der Waals surface area (Å²) in [6.07, 6.45) is 0.927. The number of rotatable bonds is 6. The standard InChI is InChI=1S/C15H32N4O/c1-6-12(2)13(16)14(20)17-11-15(3,4)19-9-7-18(5)8-10-19/h12-13H,6-11,16H2,1-5H3,(H,17,20). The lowest BCUT2D eigenvalue weighted by Gasteiger charge is -2.43. The van der Waals surface area contributed by atoms with Gasteiger partial charge in [-0.2, -0.15) is 0 Å². The van der Waals surface area contributed by atoms with Crippen LogP contribution in [-0.4, -0.2) is 67.1 Å². The molecule has 0 radical (unpaired) electrons. The van der Waals surface area contributed by atoms with Gasteiger partial charge in [-0.25, -0.2) is 0 Å². The Morgan fingerprint density at radius 2 is 1.85 bits per heavy atom. The second-order valence-corrected chi connectivity index (χ2v) is 6.73. The van der Waals surface area contributed by atoms with Crippen LogP contribution in [0.2, 0.25) is 0 Å². The number of carbonyl (C=O) groups is 1. The summed E-state index contributed by atoms with van der Waals surface area (Å²) in [6.45, 7) is 13.4. The van der Waals surface area contributed by atoms with E-state index >= 15 is 0 Å². The Kier molecular flexibility index (Phi) is 6.43. The van der Waals surface area contributed by atoms with Crippen LogP contribution in [0.25, 0.3) is 0 Å². The molecule has 0 bridgehead atoms. The van der Waals surface area contributed by atoms with Crippen LogP contribution >= 0.6 is 0 Å². The predicted octanol–water partition coefficient (Wildman–Crippen LogP) is 0.502. The third-order valence-electron chi connectivity index (χ3n) is 4.61. The zero-order valence-corrected chi connectivity index (χ0v) is 13.8. The number of piperazine rings is 1. The van der Waals surface area contributed by atoms with Gasteiger partial charge >= 0.3 is 0 Å². The average Bonchev–Trinajstić information content (AvgIpc) is 2.43. The molecule has 1 heterocycles. The minimum Gasteiger partial charge on any atom is -0.353 e. The molecule has 0 aromatic carbocycles. The van der Waals surface area contributed by atoms with Crippen molar-refractivity contribution < 1.29 is 4.79 Å². The van der Waals surface area contributed by atoms with Crippen molar-refractivity contribution in [2.24, 2.45) is 11.7 Å². The molecule has 1 rings (SSSR count). The van der Waals surface area contributed by atoms with Gasteiger partial charge in [0, 0.05) is 38.3 Å². The SMILES string of the molecule is CCC(C)C(N)C(=O)NCC(C)(C)N1CCN(C)CC1. The minimum absolute atomic E-state index is 0.0217. The molecule has 118 valence electrons. The molecule has 0 aromatic rings. The Labute approximate surface area is 123 Å². The van der Waals surface area contributed by atoms with Gasteiger partial charge in [0.15, 0.2) is 0 Å². The number of nitrogens with one attached hydrogen (secondary N) is 1. The van der Waals surface area contributed by atoms with Crippen molar-refractivity contribution in [3.05, 3.63) is 0 Å². The van der Waals surface area contributed by atoms with Crippen molar-refractivity contribution in [3.63, 3.8) is 0 Å².